The van der Waals surface area contributed by atoms with Gasteiger partial charge in [0.25, 0.3) is 0 Å². The lowest BCUT2D eigenvalue weighted by Crippen LogP contribution is -1.90. The van der Waals surface area contributed by atoms with E-state index in [0.717, 1.165) is 17.7 Å². The van der Waals surface area contributed by atoms with Gasteiger partial charge in [-0.25, -0.2) is 0 Å². The molecule has 0 saturated heterocycles. The lowest BCUT2D eigenvalue weighted by atomic mass is 10.1. The van der Waals surface area contributed by atoms with Gasteiger partial charge in [-0.2, -0.15) is 0 Å². The van der Waals surface area contributed by atoms with Crippen LogP contribution in [0.3, 0.4) is 0 Å². The third-order valence-electron chi connectivity index (χ3n) is 1.70. The summed E-state index contributed by atoms with van der Waals surface area (Å²) in [5.41, 5.74) is 2.34. The van der Waals surface area contributed by atoms with Gasteiger partial charge in [0.1, 0.15) is 5.75 Å². The highest BCUT2D eigenvalue weighted by molar-refractivity contribution is 5.35. The van der Waals surface area contributed by atoms with E-state index in [-0.39, 0.29) is 0 Å². The molecule has 11 heavy (non-hydrogen) atoms. The van der Waals surface area contributed by atoms with Crippen LogP contribution in [0, 0.1) is 13.0 Å². The second kappa shape index (κ2) is 3.42. The van der Waals surface area contributed by atoms with E-state index in [9.17, 15) is 0 Å². The molecule has 1 nitrogen and oxygen atoms in total. The molecule has 1 radical (unpaired) electrons. The number of methoxy groups -OCH3 is 1. The van der Waals surface area contributed by atoms with E-state index in [4.69, 9.17) is 4.74 Å². The van der Waals surface area contributed by atoms with Gasteiger partial charge in [0.15, 0.2) is 0 Å². The molecule has 1 aromatic rings. The highest BCUT2D eigenvalue weighted by Crippen LogP contribution is 2.19. The maximum absolute atomic E-state index is 5.19. The van der Waals surface area contributed by atoms with Crippen LogP contribution in [-0.4, -0.2) is 7.11 Å². The topological polar surface area (TPSA) is 9.23 Å². The molecule has 0 N–H and O–H groups in total. The van der Waals surface area contributed by atoms with Crippen molar-refractivity contribution in [2.75, 3.05) is 7.11 Å². The van der Waals surface area contributed by atoms with Crippen LogP contribution in [-0.2, 0) is 6.42 Å². The largest absolute Gasteiger partial charge is 0.496 e. The van der Waals surface area contributed by atoms with Crippen molar-refractivity contribution in [2.45, 2.75) is 20.3 Å². The Morgan fingerprint density at radius 1 is 1.55 bits per heavy atom. The smallest absolute Gasteiger partial charge is 0.122 e. The molecular formula is C10H13O. The van der Waals surface area contributed by atoms with Gasteiger partial charge in [-0.3, -0.25) is 0 Å². The minimum atomic E-state index is 0.951. The molecule has 1 aromatic carbocycles. The minimum absolute atomic E-state index is 0.951. The Bertz CT molecular complexity index is 241. The number of hydrogen-bond acceptors (Lipinski definition) is 1. The van der Waals surface area contributed by atoms with E-state index in [0.29, 0.717) is 0 Å². The normalized spacial score (nSPS) is 9.73. The maximum Gasteiger partial charge on any atom is 0.122 e. The fourth-order valence-corrected chi connectivity index (χ4v) is 1.07. The second-order valence-electron chi connectivity index (χ2n) is 2.58. The summed E-state index contributed by atoms with van der Waals surface area (Å²) < 4.78 is 5.19. The summed E-state index contributed by atoms with van der Waals surface area (Å²) in [6.45, 7) is 4.14. The molecule has 0 unspecified atom stereocenters. The molecular weight excluding hydrogens is 136 g/mol. The van der Waals surface area contributed by atoms with Crippen LogP contribution >= 0.6 is 0 Å². The van der Waals surface area contributed by atoms with Gasteiger partial charge in [0.05, 0.1) is 7.11 Å². The van der Waals surface area contributed by atoms with Crippen molar-refractivity contribution in [3.05, 3.63) is 29.3 Å². The Hall–Kier alpha value is -0.980. The lowest BCUT2D eigenvalue weighted by Gasteiger charge is -2.05. The molecule has 0 heterocycles. The van der Waals surface area contributed by atoms with E-state index >= 15 is 0 Å². The molecule has 0 aliphatic carbocycles. The van der Waals surface area contributed by atoms with Gasteiger partial charge < -0.3 is 4.74 Å². The van der Waals surface area contributed by atoms with Crippen molar-refractivity contribution in [2.24, 2.45) is 0 Å². The Labute approximate surface area is 68.0 Å². The predicted molar refractivity (Wildman–Crippen MR) is 45.9 cm³/mol. The average Bonchev–Trinajstić information content (AvgIpc) is 2.04. The summed E-state index contributed by atoms with van der Waals surface area (Å²) in [5.74, 6) is 0.951. The molecule has 0 aliphatic heterocycles. The highest BCUT2D eigenvalue weighted by atomic mass is 16.5. The zero-order valence-corrected chi connectivity index (χ0v) is 7.27. The molecule has 0 atom stereocenters. The Morgan fingerprint density at radius 2 is 2.27 bits per heavy atom. The molecule has 1 heteroatoms. The fraction of sp³-hybridized carbons (Fsp3) is 0.400. The van der Waals surface area contributed by atoms with Gasteiger partial charge in [-0.1, -0.05) is 13.0 Å². The van der Waals surface area contributed by atoms with Gasteiger partial charge in [-0.05, 0) is 31.0 Å². The summed E-state index contributed by atoms with van der Waals surface area (Å²) >= 11 is 0. The molecule has 59 valence electrons. The molecule has 0 saturated carbocycles. The third-order valence-corrected chi connectivity index (χ3v) is 1.70. The summed E-state index contributed by atoms with van der Waals surface area (Å²) in [6.07, 6.45) is 0.976. The first kappa shape index (κ1) is 8.12. The molecule has 0 bridgehead atoms. The molecule has 0 fully saturated rings. The van der Waals surface area contributed by atoms with Gasteiger partial charge in [0.2, 0.25) is 0 Å². The second-order valence-corrected chi connectivity index (χ2v) is 2.58. The predicted octanol–water partition coefficient (Wildman–Crippen LogP) is 2.37. The van der Waals surface area contributed by atoms with Crippen LogP contribution < -0.4 is 4.74 Å². The van der Waals surface area contributed by atoms with Crippen molar-refractivity contribution >= 4 is 0 Å². The van der Waals surface area contributed by atoms with E-state index in [2.05, 4.69) is 13.0 Å². The molecule has 1 rings (SSSR count). The van der Waals surface area contributed by atoms with E-state index < -0.39 is 0 Å². The SMILES string of the molecule is CCc1[c]cc(C)cc1OC. The van der Waals surface area contributed by atoms with Crippen LogP contribution in [0.2, 0.25) is 0 Å². The summed E-state index contributed by atoms with van der Waals surface area (Å²) in [4.78, 5) is 0. The zero-order chi connectivity index (χ0) is 8.27. The van der Waals surface area contributed by atoms with E-state index in [1.807, 2.05) is 19.1 Å². The quantitative estimate of drug-likeness (QED) is 0.627. The van der Waals surface area contributed by atoms with Crippen molar-refractivity contribution in [3.8, 4) is 5.75 Å². The first-order valence-corrected chi connectivity index (χ1v) is 3.83. The number of ether oxygens (including phenoxy) is 1. The van der Waals surface area contributed by atoms with Crippen molar-refractivity contribution in [3.63, 3.8) is 0 Å². The molecule has 0 aromatic heterocycles. The third kappa shape index (κ3) is 1.73. The minimum Gasteiger partial charge on any atom is -0.496 e. The first-order valence-electron chi connectivity index (χ1n) is 3.83. The summed E-state index contributed by atoms with van der Waals surface area (Å²) in [7, 11) is 1.70. The van der Waals surface area contributed by atoms with E-state index in [1.54, 1.807) is 7.11 Å². The van der Waals surface area contributed by atoms with Crippen LogP contribution in [0.25, 0.3) is 0 Å². The van der Waals surface area contributed by atoms with E-state index in [1.165, 1.54) is 5.56 Å². The van der Waals surface area contributed by atoms with Gasteiger partial charge in [-0.15, -0.1) is 0 Å². The van der Waals surface area contributed by atoms with Crippen LogP contribution in [0.4, 0.5) is 0 Å². The fourth-order valence-electron chi connectivity index (χ4n) is 1.07. The molecule has 0 aliphatic rings. The van der Waals surface area contributed by atoms with Crippen molar-refractivity contribution in [1.29, 1.82) is 0 Å². The van der Waals surface area contributed by atoms with Crippen molar-refractivity contribution < 1.29 is 4.74 Å². The first-order chi connectivity index (χ1) is 5.27. The maximum atomic E-state index is 5.19. The number of hydrogen-bond donors (Lipinski definition) is 0. The highest BCUT2D eigenvalue weighted by Gasteiger charge is 1.99. The summed E-state index contributed by atoms with van der Waals surface area (Å²) in [6, 6.07) is 7.21. The Kier molecular flexibility index (Phi) is 2.53. The zero-order valence-electron chi connectivity index (χ0n) is 7.27. The Morgan fingerprint density at radius 3 is 2.82 bits per heavy atom. The summed E-state index contributed by atoms with van der Waals surface area (Å²) in [5, 5.41) is 0. The van der Waals surface area contributed by atoms with Crippen LogP contribution in [0.1, 0.15) is 18.1 Å². The molecule has 0 amide bonds. The standard InChI is InChI=1S/C10H13O/c1-4-9-6-5-8(2)7-10(9)11-3/h5,7H,4H2,1-3H3. The van der Waals surface area contributed by atoms with Crippen molar-refractivity contribution in [1.82, 2.24) is 0 Å². The monoisotopic (exact) mass is 149 g/mol. The van der Waals surface area contributed by atoms with Gasteiger partial charge >= 0.3 is 0 Å². The van der Waals surface area contributed by atoms with Crippen LogP contribution in [0.5, 0.6) is 5.75 Å². The van der Waals surface area contributed by atoms with Crippen LogP contribution in [0.15, 0.2) is 12.1 Å². The number of aryl methyl sites for hydroxylation is 2. The lowest BCUT2D eigenvalue weighted by molar-refractivity contribution is 0.409. The average molecular weight is 149 g/mol. The number of benzene rings is 1. The molecule has 0 spiro atoms. The van der Waals surface area contributed by atoms with Gasteiger partial charge in [0, 0.05) is 5.56 Å². The Balaban J connectivity index is 3.06. The number of rotatable bonds is 2.